The van der Waals surface area contributed by atoms with Gasteiger partial charge in [0.15, 0.2) is 11.5 Å². The quantitative estimate of drug-likeness (QED) is 0.743. The van der Waals surface area contributed by atoms with Crippen LogP contribution in [0, 0.1) is 0 Å². The Labute approximate surface area is 156 Å². The number of ether oxygens (including phenoxy) is 3. The molecule has 2 aliphatic rings. The average Bonchev–Trinajstić information content (AvgIpc) is 3.19. The molecule has 0 N–H and O–H groups in total. The Morgan fingerprint density at radius 1 is 1.15 bits per heavy atom. The van der Waals surface area contributed by atoms with Crippen molar-refractivity contribution in [1.29, 1.82) is 0 Å². The van der Waals surface area contributed by atoms with E-state index in [1.54, 1.807) is 4.90 Å². The summed E-state index contributed by atoms with van der Waals surface area (Å²) in [6.45, 7) is 9.56. The Kier molecular flexibility index (Phi) is 6.61. The number of carbonyl (C=O) groups is 1. The van der Waals surface area contributed by atoms with Gasteiger partial charge in [0.05, 0.1) is 0 Å². The Bertz CT molecular complexity index is 597. The molecule has 3 rings (SSSR count). The van der Waals surface area contributed by atoms with E-state index in [4.69, 9.17) is 14.2 Å². The fourth-order valence-corrected chi connectivity index (χ4v) is 3.54. The maximum Gasteiger partial charge on any atom is 0.410 e. The molecule has 0 spiro atoms. The number of likely N-dealkylation sites (tertiary alicyclic amines) is 1. The van der Waals surface area contributed by atoms with E-state index in [-0.39, 0.29) is 12.2 Å². The lowest BCUT2D eigenvalue weighted by Crippen LogP contribution is -2.33. The molecular weight excluding hydrogens is 332 g/mol. The first-order chi connectivity index (χ1) is 12.7. The van der Waals surface area contributed by atoms with E-state index in [1.165, 1.54) is 12.8 Å². The van der Waals surface area contributed by atoms with Gasteiger partial charge < -0.3 is 24.0 Å². The summed E-state index contributed by atoms with van der Waals surface area (Å²) >= 11 is 0. The van der Waals surface area contributed by atoms with Crippen molar-refractivity contribution >= 4 is 6.09 Å². The molecule has 1 aromatic rings. The first-order valence-electron chi connectivity index (χ1n) is 9.78. The van der Waals surface area contributed by atoms with E-state index in [1.807, 2.05) is 32.0 Å². The van der Waals surface area contributed by atoms with E-state index in [9.17, 15) is 4.79 Å². The summed E-state index contributed by atoms with van der Waals surface area (Å²) in [6, 6.07) is 5.86. The number of hydrogen-bond acceptors (Lipinski definition) is 5. The lowest BCUT2D eigenvalue weighted by molar-refractivity contribution is 0.0562. The predicted molar refractivity (Wildman–Crippen MR) is 99.9 cm³/mol. The lowest BCUT2D eigenvalue weighted by atomic mass is 10.1. The first kappa shape index (κ1) is 18.8. The van der Waals surface area contributed by atoms with Gasteiger partial charge in [0, 0.05) is 26.1 Å². The van der Waals surface area contributed by atoms with E-state index in [2.05, 4.69) is 4.90 Å². The average molecular weight is 362 g/mol. The zero-order valence-electron chi connectivity index (χ0n) is 15.9. The summed E-state index contributed by atoms with van der Waals surface area (Å²) in [4.78, 5) is 16.7. The zero-order valence-corrected chi connectivity index (χ0v) is 15.9. The third-order valence-electron chi connectivity index (χ3n) is 5.11. The monoisotopic (exact) mass is 362 g/mol. The third kappa shape index (κ3) is 4.61. The van der Waals surface area contributed by atoms with Gasteiger partial charge in [-0.3, -0.25) is 0 Å². The van der Waals surface area contributed by atoms with Crippen LogP contribution in [0.15, 0.2) is 18.2 Å². The number of fused-ring (bicyclic) bond motifs is 1. The van der Waals surface area contributed by atoms with Crippen LogP contribution in [0.1, 0.15) is 44.8 Å². The predicted octanol–water partition coefficient (Wildman–Crippen LogP) is 3.46. The molecule has 6 nitrogen and oxygen atoms in total. The number of amides is 1. The topological polar surface area (TPSA) is 51.2 Å². The van der Waals surface area contributed by atoms with Crippen molar-refractivity contribution < 1.29 is 19.0 Å². The highest BCUT2D eigenvalue weighted by Crippen LogP contribution is 2.35. The molecule has 0 radical (unpaired) electrons. The van der Waals surface area contributed by atoms with E-state index < -0.39 is 0 Å². The van der Waals surface area contributed by atoms with Gasteiger partial charge in [0.2, 0.25) is 0 Å². The number of nitrogens with zero attached hydrogens (tertiary/aromatic N) is 2. The summed E-state index contributed by atoms with van der Waals surface area (Å²) in [6.07, 6.45) is 2.77. The second kappa shape index (κ2) is 9.12. The van der Waals surface area contributed by atoms with Crippen LogP contribution in [0.2, 0.25) is 0 Å². The molecule has 1 atom stereocenters. The van der Waals surface area contributed by atoms with Gasteiger partial charge in [-0.2, -0.15) is 0 Å². The van der Waals surface area contributed by atoms with Crippen molar-refractivity contribution in [3.05, 3.63) is 23.8 Å². The minimum Gasteiger partial charge on any atom is -0.486 e. The molecule has 1 aromatic carbocycles. The van der Waals surface area contributed by atoms with Crippen molar-refractivity contribution in [3.8, 4) is 11.5 Å². The summed E-state index contributed by atoms with van der Waals surface area (Å²) < 4.78 is 17.2. The molecular formula is C20H30N2O4. The first-order valence-corrected chi connectivity index (χ1v) is 9.78. The Morgan fingerprint density at radius 3 is 2.54 bits per heavy atom. The van der Waals surface area contributed by atoms with E-state index >= 15 is 0 Å². The van der Waals surface area contributed by atoms with Crippen LogP contribution < -0.4 is 9.47 Å². The van der Waals surface area contributed by atoms with Gasteiger partial charge in [0.25, 0.3) is 0 Å². The van der Waals surface area contributed by atoms with Crippen LogP contribution >= 0.6 is 0 Å². The number of carbonyl (C=O) groups excluding carboxylic acids is 1. The Morgan fingerprint density at radius 2 is 1.85 bits per heavy atom. The Balaban J connectivity index is 1.73. The molecule has 144 valence electrons. The number of hydrogen-bond donors (Lipinski definition) is 0. The molecule has 0 bridgehead atoms. The minimum atomic E-state index is -0.278. The van der Waals surface area contributed by atoms with Crippen LogP contribution in [-0.4, -0.2) is 61.8 Å². The van der Waals surface area contributed by atoms with Gasteiger partial charge in [-0.1, -0.05) is 6.07 Å². The van der Waals surface area contributed by atoms with Crippen LogP contribution in [0.5, 0.6) is 11.5 Å². The highest BCUT2D eigenvalue weighted by molar-refractivity contribution is 5.68. The molecule has 2 heterocycles. The molecule has 1 saturated heterocycles. The van der Waals surface area contributed by atoms with Gasteiger partial charge in [-0.25, -0.2) is 4.79 Å². The van der Waals surface area contributed by atoms with Crippen molar-refractivity contribution in [2.75, 3.05) is 45.9 Å². The van der Waals surface area contributed by atoms with Gasteiger partial charge >= 0.3 is 6.09 Å². The summed E-state index contributed by atoms with van der Waals surface area (Å²) in [5.74, 6) is 1.49. The SMILES string of the molecule is CCN(CC)C(=O)O[C@@H](CCN1CCCC1)c1ccc2c(c1)OCCO2. The highest BCUT2D eigenvalue weighted by Gasteiger charge is 2.24. The Hall–Kier alpha value is -1.95. The normalized spacial score (nSPS) is 17.8. The maximum atomic E-state index is 12.5. The summed E-state index contributed by atoms with van der Waals surface area (Å²) in [5, 5.41) is 0. The van der Waals surface area contributed by atoms with Crippen LogP contribution in [0.4, 0.5) is 4.79 Å². The molecule has 6 heteroatoms. The fraction of sp³-hybridized carbons (Fsp3) is 0.650. The third-order valence-corrected chi connectivity index (χ3v) is 5.11. The molecule has 0 aliphatic carbocycles. The minimum absolute atomic E-state index is 0.253. The maximum absolute atomic E-state index is 12.5. The van der Waals surface area contributed by atoms with Crippen LogP contribution in [0.25, 0.3) is 0 Å². The van der Waals surface area contributed by atoms with Crippen LogP contribution in [0.3, 0.4) is 0 Å². The summed E-state index contributed by atoms with van der Waals surface area (Å²) in [7, 11) is 0. The molecule has 0 saturated carbocycles. The lowest BCUT2D eigenvalue weighted by Gasteiger charge is -2.26. The fourth-order valence-electron chi connectivity index (χ4n) is 3.54. The van der Waals surface area contributed by atoms with Gasteiger partial charge in [0.1, 0.15) is 19.3 Å². The largest absolute Gasteiger partial charge is 0.486 e. The molecule has 1 fully saturated rings. The molecule has 26 heavy (non-hydrogen) atoms. The van der Waals surface area contributed by atoms with E-state index in [0.717, 1.165) is 43.1 Å². The van der Waals surface area contributed by atoms with Crippen LogP contribution in [-0.2, 0) is 4.74 Å². The highest BCUT2D eigenvalue weighted by atomic mass is 16.6. The second-order valence-electron chi connectivity index (χ2n) is 6.79. The van der Waals surface area contributed by atoms with E-state index in [0.29, 0.717) is 26.3 Å². The molecule has 0 aromatic heterocycles. The number of benzene rings is 1. The van der Waals surface area contributed by atoms with Crippen molar-refractivity contribution in [2.24, 2.45) is 0 Å². The van der Waals surface area contributed by atoms with Gasteiger partial charge in [-0.15, -0.1) is 0 Å². The summed E-state index contributed by atoms with van der Waals surface area (Å²) in [5.41, 5.74) is 0.967. The van der Waals surface area contributed by atoms with Gasteiger partial charge in [-0.05, 0) is 57.5 Å². The van der Waals surface area contributed by atoms with Crippen molar-refractivity contribution in [3.63, 3.8) is 0 Å². The van der Waals surface area contributed by atoms with Crippen molar-refractivity contribution in [1.82, 2.24) is 9.80 Å². The second-order valence-corrected chi connectivity index (χ2v) is 6.79. The molecule has 1 amide bonds. The molecule has 0 unspecified atom stereocenters. The standard InChI is InChI=1S/C20H30N2O4/c1-3-22(4-2)20(23)26-17(9-12-21-10-5-6-11-21)16-7-8-18-19(15-16)25-14-13-24-18/h7-8,15,17H,3-6,9-14H2,1-2H3/t17-/m0/s1. The smallest absolute Gasteiger partial charge is 0.410 e. The number of rotatable bonds is 7. The molecule has 2 aliphatic heterocycles. The van der Waals surface area contributed by atoms with Crippen molar-refractivity contribution in [2.45, 2.75) is 39.2 Å². The zero-order chi connectivity index (χ0) is 18.4.